The van der Waals surface area contributed by atoms with Gasteiger partial charge in [-0.25, -0.2) is 9.07 Å². The number of β-amino-alcohol motifs (C(OH)–C–C–N with tert-alkyl or cyclic N) is 1. The molecule has 1 N–H and O–H groups in total. The van der Waals surface area contributed by atoms with Crippen LogP contribution < -0.4 is 0 Å². The second-order valence-corrected chi connectivity index (χ2v) is 8.09. The zero-order chi connectivity index (χ0) is 21.4. The van der Waals surface area contributed by atoms with Crippen molar-refractivity contribution in [1.82, 2.24) is 14.7 Å². The number of rotatable bonds is 5. The van der Waals surface area contributed by atoms with Crippen LogP contribution in [0.4, 0.5) is 4.39 Å². The molecule has 0 radical (unpaired) electrons. The molecule has 0 saturated carbocycles. The standard InChI is InChI=1S/C25H24FN3O2/c1-17-13-21(8-9-23(17)18-4-6-20(26)7-5-18)29-25(24-3-2-12-31-24)19(14-27-29)15-28-11-10-22(30)16-28/h2-9,12-14,22,30H,10-11,15-16H2,1H3. The average Bonchev–Trinajstić information content (AvgIpc) is 3.50. The summed E-state index contributed by atoms with van der Waals surface area (Å²) in [6, 6.07) is 16.5. The molecule has 5 rings (SSSR count). The molecule has 158 valence electrons. The van der Waals surface area contributed by atoms with Gasteiger partial charge in [-0.1, -0.05) is 18.2 Å². The monoisotopic (exact) mass is 417 g/mol. The molecule has 1 atom stereocenters. The molecule has 6 heteroatoms. The third kappa shape index (κ3) is 3.92. The highest BCUT2D eigenvalue weighted by Gasteiger charge is 2.24. The highest BCUT2D eigenvalue weighted by Crippen LogP contribution is 2.31. The molecule has 2 aromatic heterocycles. The van der Waals surface area contributed by atoms with Crippen molar-refractivity contribution in [2.75, 3.05) is 13.1 Å². The summed E-state index contributed by atoms with van der Waals surface area (Å²) in [5.41, 5.74) is 6.02. The maximum absolute atomic E-state index is 13.3. The third-order valence-corrected chi connectivity index (χ3v) is 5.85. The highest BCUT2D eigenvalue weighted by molar-refractivity contribution is 5.69. The fourth-order valence-corrected chi connectivity index (χ4v) is 4.30. The van der Waals surface area contributed by atoms with Gasteiger partial charge in [0.1, 0.15) is 11.5 Å². The van der Waals surface area contributed by atoms with Crippen molar-refractivity contribution in [3.05, 3.63) is 84.0 Å². The lowest BCUT2D eigenvalue weighted by Crippen LogP contribution is -2.21. The number of aliphatic hydroxyl groups is 1. The molecular weight excluding hydrogens is 393 g/mol. The molecule has 3 heterocycles. The van der Waals surface area contributed by atoms with Crippen molar-refractivity contribution in [3.63, 3.8) is 0 Å². The largest absolute Gasteiger partial charge is 0.463 e. The number of aromatic nitrogens is 2. The Balaban J connectivity index is 1.52. The number of halogens is 1. The Labute approximate surface area is 180 Å². The maximum atomic E-state index is 13.3. The van der Waals surface area contributed by atoms with Gasteiger partial charge < -0.3 is 9.52 Å². The normalized spacial score (nSPS) is 16.8. The van der Waals surface area contributed by atoms with E-state index in [1.54, 1.807) is 18.4 Å². The lowest BCUT2D eigenvalue weighted by molar-refractivity contribution is 0.175. The number of benzene rings is 2. The molecule has 5 nitrogen and oxygen atoms in total. The maximum Gasteiger partial charge on any atom is 0.152 e. The van der Waals surface area contributed by atoms with Crippen LogP contribution in [0, 0.1) is 12.7 Å². The molecule has 1 fully saturated rings. The first-order valence-electron chi connectivity index (χ1n) is 10.5. The number of nitrogens with zero attached hydrogens (tertiary/aromatic N) is 3. The van der Waals surface area contributed by atoms with Crippen LogP contribution in [-0.2, 0) is 6.54 Å². The number of likely N-dealkylation sites (tertiary alicyclic amines) is 1. The lowest BCUT2D eigenvalue weighted by Gasteiger charge is -2.15. The van der Waals surface area contributed by atoms with E-state index in [0.29, 0.717) is 13.1 Å². The van der Waals surface area contributed by atoms with E-state index in [1.807, 2.05) is 42.1 Å². The van der Waals surface area contributed by atoms with E-state index < -0.39 is 0 Å². The van der Waals surface area contributed by atoms with Gasteiger partial charge in [-0.15, -0.1) is 0 Å². The van der Waals surface area contributed by atoms with E-state index in [4.69, 9.17) is 4.42 Å². The Hall–Kier alpha value is -3.22. The summed E-state index contributed by atoms with van der Waals surface area (Å²) in [7, 11) is 0. The molecule has 4 aromatic rings. The number of furan rings is 1. The van der Waals surface area contributed by atoms with E-state index in [-0.39, 0.29) is 11.9 Å². The minimum absolute atomic E-state index is 0.240. The Morgan fingerprint density at radius 2 is 2.00 bits per heavy atom. The van der Waals surface area contributed by atoms with Crippen molar-refractivity contribution >= 4 is 0 Å². The summed E-state index contributed by atoms with van der Waals surface area (Å²) in [5.74, 6) is 0.517. The smallest absolute Gasteiger partial charge is 0.152 e. The van der Waals surface area contributed by atoms with Crippen LogP contribution in [0.2, 0.25) is 0 Å². The molecule has 0 bridgehead atoms. The average molecular weight is 417 g/mol. The Morgan fingerprint density at radius 3 is 2.68 bits per heavy atom. The van der Waals surface area contributed by atoms with E-state index in [1.165, 1.54) is 12.1 Å². The molecule has 1 aliphatic heterocycles. The van der Waals surface area contributed by atoms with Crippen LogP contribution >= 0.6 is 0 Å². The first-order valence-corrected chi connectivity index (χ1v) is 10.5. The van der Waals surface area contributed by atoms with E-state index >= 15 is 0 Å². The van der Waals surface area contributed by atoms with Gasteiger partial charge in [0, 0.05) is 25.2 Å². The van der Waals surface area contributed by atoms with Crippen LogP contribution in [0.1, 0.15) is 17.5 Å². The van der Waals surface area contributed by atoms with E-state index in [0.717, 1.165) is 52.4 Å². The summed E-state index contributed by atoms with van der Waals surface area (Å²) in [5, 5.41) is 14.6. The SMILES string of the molecule is Cc1cc(-n2ncc(CN3CCC(O)C3)c2-c2ccco2)ccc1-c1ccc(F)cc1. The van der Waals surface area contributed by atoms with Gasteiger partial charge >= 0.3 is 0 Å². The zero-order valence-corrected chi connectivity index (χ0v) is 17.3. The summed E-state index contributed by atoms with van der Waals surface area (Å²) in [6.07, 6.45) is 4.09. The molecule has 31 heavy (non-hydrogen) atoms. The molecule has 0 amide bonds. The Morgan fingerprint density at radius 1 is 1.16 bits per heavy atom. The first kappa shape index (κ1) is 19.7. The number of aryl methyl sites for hydroxylation is 1. The predicted molar refractivity (Wildman–Crippen MR) is 117 cm³/mol. The second-order valence-electron chi connectivity index (χ2n) is 8.09. The van der Waals surface area contributed by atoms with Gasteiger partial charge in [-0.05, 0) is 66.4 Å². The Kier molecular flexibility index (Phi) is 5.18. The minimum atomic E-state index is -0.260. The van der Waals surface area contributed by atoms with Crippen LogP contribution in [0.5, 0.6) is 0 Å². The van der Waals surface area contributed by atoms with E-state index in [2.05, 4.69) is 16.1 Å². The Bertz CT molecular complexity index is 1180. The van der Waals surface area contributed by atoms with Crippen molar-refractivity contribution in [2.24, 2.45) is 0 Å². The fraction of sp³-hybridized carbons (Fsp3) is 0.240. The molecule has 1 saturated heterocycles. The zero-order valence-electron chi connectivity index (χ0n) is 17.3. The second kappa shape index (κ2) is 8.13. The van der Waals surface area contributed by atoms with Crippen LogP contribution in [0.3, 0.4) is 0 Å². The molecular formula is C25H24FN3O2. The van der Waals surface area contributed by atoms with Gasteiger partial charge in [0.2, 0.25) is 0 Å². The number of hydrogen-bond acceptors (Lipinski definition) is 4. The summed E-state index contributed by atoms with van der Waals surface area (Å²) >= 11 is 0. The molecule has 2 aromatic carbocycles. The van der Waals surface area contributed by atoms with Gasteiger partial charge in [0.05, 0.1) is 24.3 Å². The van der Waals surface area contributed by atoms with Crippen molar-refractivity contribution in [2.45, 2.75) is 26.0 Å². The number of hydrogen-bond donors (Lipinski definition) is 1. The van der Waals surface area contributed by atoms with Crippen molar-refractivity contribution in [3.8, 4) is 28.3 Å². The predicted octanol–water partition coefficient (Wildman–Crippen LogP) is 4.81. The quantitative estimate of drug-likeness (QED) is 0.506. The van der Waals surface area contributed by atoms with Gasteiger partial charge in [-0.2, -0.15) is 5.10 Å². The fourth-order valence-electron chi connectivity index (χ4n) is 4.30. The van der Waals surface area contributed by atoms with Crippen LogP contribution in [0.15, 0.2) is 71.5 Å². The molecule has 1 aliphatic rings. The summed E-state index contributed by atoms with van der Waals surface area (Å²) in [4.78, 5) is 2.24. The molecule has 0 aliphatic carbocycles. The van der Waals surface area contributed by atoms with E-state index in [9.17, 15) is 9.50 Å². The van der Waals surface area contributed by atoms with Crippen LogP contribution in [0.25, 0.3) is 28.3 Å². The minimum Gasteiger partial charge on any atom is -0.463 e. The topological polar surface area (TPSA) is 54.4 Å². The third-order valence-electron chi connectivity index (χ3n) is 5.85. The van der Waals surface area contributed by atoms with Gasteiger partial charge in [-0.3, -0.25) is 4.90 Å². The molecule has 0 spiro atoms. The first-order chi connectivity index (χ1) is 15.1. The van der Waals surface area contributed by atoms with Crippen molar-refractivity contribution in [1.29, 1.82) is 0 Å². The van der Waals surface area contributed by atoms with Gasteiger partial charge in [0.15, 0.2) is 5.76 Å². The van der Waals surface area contributed by atoms with Gasteiger partial charge in [0.25, 0.3) is 0 Å². The highest BCUT2D eigenvalue weighted by atomic mass is 19.1. The number of aliphatic hydroxyl groups excluding tert-OH is 1. The lowest BCUT2D eigenvalue weighted by atomic mass is 10.00. The summed E-state index contributed by atoms with van der Waals surface area (Å²) in [6.45, 7) is 4.30. The molecule has 1 unspecified atom stereocenters. The summed E-state index contributed by atoms with van der Waals surface area (Å²) < 4.78 is 20.9. The van der Waals surface area contributed by atoms with Crippen LogP contribution in [-0.4, -0.2) is 39.0 Å². The van der Waals surface area contributed by atoms with Crippen molar-refractivity contribution < 1.29 is 13.9 Å².